The quantitative estimate of drug-likeness (QED) is 0.603. The molecular formula is C17H18CrO5. The molecule has 122 valence electrons. The SMILES string of the molecule is C/C=C1\CCCc2c1ccc(OC)c2OC.[C-]#[O+].[C-]#[O+].[C-]#[O+].[Cr]. The average Bonchev–Trinajstić information content (AvgIpc) is 2.64. The van der Waals surface area contributed by atoms with Gasteiger partial charge in [-0.1, -0.05) is 12.1 Å². The normalized spacial score (nSPS) is 12.1. The Labute approximate surface area is 148 Å². The molecule has 0 fully saturated rings. The zero-order valence-electron chi connectivity index (χ0n) is 13.3. The summed E-state index contributed by atoms with van der Waals surface area (Å²) in [5.74, 6) is 1.73. The van der Waals surface area contributed by atoms with E-state index in [2.05, 4.69) is 39.0 Å². The smallest absolute Gasteiger partial charge is 0 e. The van der Waals surface area contributed by atoms with Crippen molar-refractivity contribution in [1.82, 2.24) is 0 Å². The third-order valence-corrected chi connectivity index (χ3v) is 3.22. The van der Waals surface area contributed by atoms with Crippen molar-refractivity contribution in [2.75, 3.05) is 14.2 Å². The topological polar surface area (TPSA) is 78.2 Å². The van der Waals surface area contributed by atoms with Gasteiger partial charge >= 0.3 is 33.9 Å². The second-order valence-electron chi connectivity index (χ2n) is 3.99. The molecule has 0 aliphatic heterocycles. The van der Waals surface area contributed by atoms with Crippen LogP contribution in [-0.2, 0) is 37.7 Å². The molecule has 0 radical (unpaired) electrons. The molecular weight excluding hydrogens is 336 g/mol. The first-order chi connectivity index (χ1) is 10.8. The van der Waals surface area contributed by atoms with Gasteiger partial charge in [0.25, 0.3) is 0 Å². The monoisotopic (exact) mass is 354 g/mol. The first kappa shape index (κ1) is 26.2. The molecule has 0 amide bonds. The van der Waals surface area contributed by atoms with E-state index >= 15 is 0 Å². The van der Waals surface area contributed by atoms with Crippen molar-refractivity contribution in [1.29, 1.82) is 0 Å². The van der Waals surface area contributed by atoms with Crippen molar-refractivity contribution in [2.24, 2.45) is 0 Å². The van der Waals surface area contributed by atoms with Gasteiger partial charge in [0.05, 0.1) is 14.2 Å². The van der Waals surface area contributed by atoms with Crippen molar-refractivity contribution >= 4 is 5.57 Å². The number of hydrogen-bond donors (Lipinski definition) is 0. The van der Waals surface area contributed by atoms with Crippen LogP contribution in [-0.4, -0.2) is 14.2 Å². The van der Waals surface area contributed by atoms with Crippen molar-refractivity contribution in [3.05, 3.63) is 49.3 Å². The van der Waals surface area contributed by atoms with E-state index in [-0.39, 0.29) is 17.4 Å². The number of allylic oxidation sites excluding steroid dienone is 2. The molecule has 6 heteroatoms. The van der Waals surface area contributed by atoms with E-state index in [9.17, 15) is 0 Å². The second kappa shape index (κ2) is 16.7. The molecule has 0 heterocycles. The largest absolute Gasteiger partial charge is 0 e. The van der Waals surface area contributed by atoms with Gasteiger partial charge in [0.2, 0.25) is 0 Å². The van der Waals surface area contributed by atoms with Gasteiger partial charge in [0, 0.05) is 22.9 Å². The number of fused-ring (bicyclic) bond motifs is 1. The fourth-order valence-corrected chi connectivity index (χ4v) is 2.43. The molecule has 0 unspecified atom stereocenters. The Bertz CT molecular complexity index is 530. The van der Waals surface area contributed by atoms with Crippen LogP contribution < -0.4 is 9.47 Å². The molecule has 5 nitrogen and oxygen atoms in total. The van der Waals surface area contributed by atoms with Crippen LogP contribution in [0.4, 0.5) is 0 Å². The molecule has 0 N–H and O–H groups in total. The Balaban J connectivity index is -0.000000514. The molecule has 0 bridgehead atoms. The predicted molar refractivity (Wildman–Crippen MR) is 77.9 cm³/mol. The molecule has 1 aliphatic rings. The first-order valence-electron chi connectivity index (χ1n) is 6.32. The third-order valence-electron chi connectivity index (χ3n) is 3.22. The minimum absolute atomic E-state index is 0. The average molecular weight is 354 g/mol. The fourth-order valence-electron chi connectivity index (χ4n) is 2.43. The molecule has 1 aromatic carbocycles. The van der Waals surface area contributed by atoms with E-state index in [1.165, 1.54) is 29.5 Å². The number of ether oxygens (including phenoxy) is 2. The van der Waals surface area contributed by atoms with Gasteiger partial charge in [0.15, 0.2) is 11.5 Å². The van der Waals surface area contributed by atoms with E-state index in [1.54, 1.807) is 14.2 Å². The van der Waals surface area contributed by atoms with Crippen LogP contribution >= 0.6 is 0 Å². The summed E-state index contributed by atoms with van der Waals surface area (Å²) >= 11 is 0. The number of benzene rings is 1. The number of rotatable bonds is 2. The van der Waals surface area contributed by atoms with Gasteiger partial charge in [-0.25, -0.2) is 0 Å². The maximum Gasteiger partial charge on any atom is 0 e. The number of methoxy groups -OCH3 is 2. The van der Waals surface area contributed by atoms with Crippen LogP contribution in [0.25, 0.3) is 5.57 Å². The molecule has 0 saturated heterocycles. The Hall–Kier alpha value is -1.69. The van der Waals surface area contributed by atoms with Crippen LogP contribution in [0.3, 0.4) is 0 Å². The maximum atomic E-state index is 7.50. The molecule has 0 atom stereocenters. The molecule has 2 rings (SSSR count). The van der Waals surface area contributed by atoms with Crippen molar-refractivity contribution in [3.8, 4) is 11.5 Å². The summed E-state index contributed by atoms with van der Waals surface area (Å²) < 4.78 is 33.3. The molecule has 1 aromatic rings. The summed E-state index contributed by atoms with van der Waals surface area (Å²) in [5.41, 5.74) is 4.04. The molecule has 0 saturated carbocycles. The Morgan fingerprint density at radius 3 is 1.96 bits per heavy atom. The van der Waals surface area contributed by atoms with E-state index in [0.29, 0.717) is 0 Å². The third kappa shape index (κ3) is 6.95. The Morgan fingerprint density at radius 1 is 0.957 bits per heavy atom. The van der Waals surface area contributed by atoms with Crippen LogP contribution in [0.1, 0.15) is 30.9 Å². The summed E-state index contributed by atoms with van der Waals surface area (Å²) in [6.07, 6.45) is 5.63. The van der Waals surface area contributed by atoms with E-state index in [4.69, 9.17) is 23.4 Å². The Kier molecular flexibility index (Phi) is 19.0. The fraction of sp³-hybridized carbons (Fsp3) is 0.353. The van der Waals surface area contributed by atoms with Crippen molar-refractivity contribution < 1.29 is 40.8 Å². The zero-order valence-corrected chi connectivity index (χ0v) is 14.6. The summed E-state index contributed by atoms with van der Waals surface area (Å²) in [7, 11) is 3.39. The van der Waals surface area contributed by atoms with Crippen molar-refractivity contribution in [2.45, 2.75) is 26.2 Å². The minimum atomic E-state index is 0. The summed E-state index contributed by atoms with van der Waals surface area (Å²) in [5, 5.41) is 0. The van der Waals surface area contributed by atoms with Gasteiger partial charge in [-0.3, -0.25) is 0 Å². The molecule has 0 spiro atoms. The molecule has 1 aliphatic carbocycles. The van der Waals surface area contributed by atoms with Crippen LogP contribution in [0.5, 0.6) is 11.5 Å². The summed E-state index contributed by atoms with van der Waals surface area (Å²) in [6, 6.07) is 4.14. The van der Waals surface area contributed by atoms with E-state index in [1.807, 2.05) is 6.07 Å². The van der Waals surface area contributed by atoms with Crippen LogP contribution in [0, 0.1) is 20.0 Å². The summed E-state index contributed by atoms with van der Waals surface area (Å²) in [6.45, 7) is 15.6. The first-order valence-corrected chi connectivity index (χ1v) is 6.32. The standard InChI is InChI=1S/C14H18O2.3CO.Cr/c1-4-10-6-5-7-12-11(10)8-9-13(15-2)14(12)16-3;3*1-2;/h4,8-9H,5-7H2,1-3H3;;;;/b10-4+;;;;. The van der Waals surface area contributed by atoms with Gasteiger partial charge in [-0.05, 0) is 43.4 Å². The van der Waals surface area contributed by atoms with Gasteiger partial charge < -0.3 is 9.47 Å². The van der Waals surface area contributed by atoms with Gasteiger partial charge in [0.1, 0.15) is 0 Å². The Morgan fingerprint density at radius 2 is 1.52 bits per heavy atom. The van der Waals surface area contributed by atoms with Gasteiger partial charge in [-0.15, -0.1) is 0 Å². The molecule has 23 heavy (non-hydrogen) atoms. The van der Waals surface area contributed by atoms with Gasteiger partial charge in [-0.2, -0.15) is 0 Å². The predicted octanol–water partition coefficient (Wildman–Crippen LogP) is 3.33. The summed E-state index contributed by atoms with van der Waals surface area (Å²) in [4.78, 5) is 0. The molecule has 0 aromatic heterocycles. The van der Waals surface area contributed by atoms with E-state index < -0.39 is 0 Å². The van der Waals surface area contributed by atoms with Crippen molar-refractivity contribution in [3.63, 3.8) is 0 Å². The van der Waals surface area contributed by atoms with Crippen LogP contribution in [0.2, 0.25) is 0 Å². The van der Waals surface area contributed by atoms with E-state index in [0.717, 1.165) is 17.9 Å². The second-order valence-corrected chi connectivity index (χ2v) is 3.99. The number of hydrogen-bond acceptors (Lipinski definition) is 2. The maximum absolute atomic E-state index is 7.50. The zero-order chi connectivity index (χ0) is 17.5. The minimum Gasteiger partial charge on any atom is 0 e. The van der Waals surface area contributed by atoms with Crippen LogP contribution in [0.15, 0.2) is 18.2 Å².